The van der Waals surface area contributed by atoms with Crippen molar-refractivity contribution in [2.24, 2.45) is 0 Å². The van der Waals surface area contributed by atoms with Gasteiger partial charge >= 0.3 is 0 Å². The van der Waals surface area contributed by atoms with Crippen LogP contribution < -0.4 is 5.32 Å². The molecule has 0 fully saturated rings. The molecule has 2 aromatic carbocycles. The van der Waals surface area contributed by atoms with E-state index in [1.54, 1.807) is 36.4 Å². The molecule has 0 aliphatic heterocycles. The predicted molar refractivity (Wildman–Crippen MR) is 70.3 cm³/mol. The van der Waals surface area contributed by atoms with Crippen LogP contribution in [0.2, 0.25) is 5.02 Å². The van der Waals surface area contributed by atoms with Gasteiger partial charge in [0.25, 0.3) is 5.91 Å². The fourth-order valence-electron chi connectivity index (χ4n) is 1.51. The lowest BCUT2D eigenvalue weighted by Gasteiger charge is -2.07. The van der Waals surface area contributed by atoms with E-state index in [1.165, 1.54) is 0 Å². The van der Waals surface area contributed by atoms with Crippen LogP contribution in [0.25, 0.3) is 0 Å². The summed E-state index contributed by atoms with van der Waals surface area (Å²) >= 11 is 5.84. The number of hydrogen-bond acceptors (Lipinski definition) is 1. The van der Waals surface area contributed by atoms with Crippen molar-refractivity contribution in [2.45, 2.75) is 0 Å². The van der Waals surface area contributed by atoms with Gasteiger partial charge in [0.15, 0.2) is 0 Å². The van der Waals surface area contributed by atoms with Crippen LogP contribution in [0.4, 0.5) is 5.69 Å². The van der Waals surface area contributed by atoms with Crippen molar-refractivity contribution in [3.63, 3.8) is 0 Å². The molecule has 0 aliphatic rings. The monoisotopic (exact) mass is 244 g/mol. The van der Waals surface area contributed by atoms with E-state index in [0.29, 0.717) is 21.8 Å². The number of hydrogen-bond donors (Lipinski definition) is 1. The van der Waals surface area contributed by atoms with Gasteiger partial charge in [-0.05, 0) is 36.8 Å². The van der Waals surface area contributed by atoms with Crippen LogP contribution >= 0.6 is 11.6 Å². The van der Waals surface area contributed by atoms with Crippen molar-refractivity contribution in [3.05, 3.63) is 71.6 Å². The van der Waals surface area contributed by atoms with Crippen LogP contribution in [0, 0.1) is 6.92 Å². The fourth-order valence-corrected chi connectivity index (χ4v) is 1.70. The normalized spacial score (nSPS) is 10.0. The van der Waals surface area contributed by atoms with Gasteiger partial charge in [-0.1, -0.05) is 35.9 Å². The summed E-state index contributed by atoms with van der Waals surface area (Å²) in [6.45, 7) is 3.81. The SMILES string of the molecule is [CH2]c1ccccc1C(=O)Nc1cccc(Cl)c1. The van der Waals surface area contributed by atoms with Gasteiger partial charge in [-0.2, -0.15) is 0 Å². The molecular weight excluding hydrogens is 234 g/mol. The summed E-state index contributed by atoms with van der Waals surface area (Å²) in [5.41, 5.74) is 1.94. The molecule has 0 unspecified atom stereocenters. The van der Waals surface area contributed by atoms with Gasteiger partial charge in [0.1, 0.15) is 0 Å². The second kappa shape index (κ2) is 5.02. The third-order valence-corrected chi connectivity index (χ3v) is 2.58. The Balaban J connectivity index is 2.20. The summed E-state index contributed by atoms with van der Waals surface area (Å²) in [6, 6.07) is 14.2. The second-order valence-electron chi connectivity index (χ2n) is 3.62. The maximum atomic E-state index is 12.0. The molecule has 3 heteroatoms. The van der Waals surface area contributed by atoms with E-state index < -0.39 is 0 Å². The van der Waals surface area contributed by atoms with Crippen molar-refractivity contribution < 1.29 is 4.79 Å². The van der Waals surface area contributed by atoms with E-state index in [0.717, 1.165) is 0 Å². The Bertz CT molecular complexity index is 551. The molecule has 0 saturated heterocycles. The number of carbonyl (C=O) groups is 1. The number of rotatable bonds is 2. The Morgan fingerprint density at radius 1 is 1.12 bits per heavy atom. The fraction of sp³-hybridized carbons (Fsp3) is 0. The number of halogens is 1. The van der Waals surface area contributed by atoms with Gasteiger partial charge in [-0.25, -0.2) is 0 Å². The average Bonchev–Trinajstić information content (AvgIpc) is 2.29. The molecule has 0 aliphatic carbocycles. The van der Waals surface area contributed by atoms with E-state index in [9.17, 15) is 4.79 Å². The average molecular weight is 245 g/mol. The molecule has 0 aromatic heterocycles. The molecule has 2 rings (SSSR count). The zero-order valence-electron chi connectivity index (χ0n) is 9.11. The predicted octanol–water partition coefficient (Wildman–Crippen LogP) is 3.77. The Labute approximate surface area is 105 Å². The first-order valence-electron chi connectivity index (χ1n) is 5.15. The van der Waals surface area contributed by atoms with Crippen molar-refractivity contribution >= 4 is 23.2 Å². The third kappa shape index (κ3) is 2.86. The topological polar surface area (TPSA) is 29.1 Å². The van der Waals surface area contributed by atoms with Gasteiger partial charge in [0.2, 0.25) is 0 Å². The van der Waals surface area contributed by atoms with Crippen LogP contribution in [-0.2, 0) is 0 Å². The number of anilines is 1. The van der Waals surface area contributed by atoms with Crippen molar-refractivity contribution in [1.29, 1.82) is 0 Å². The van der Waals surface area contributed by atoms with Crippen molar-refractivity contribution in [3.8, 4) is 0 Å². The Hall–Kier alpha value is -1.80. The largest absolute Gasteiger partial charge is 0.322 e. The van der Waals surface area contributed by atoms with Gasteiger partial charge in [0, 0.05) is 16.3 Å². The van der Waals surface area contributed by atoms with Crippen molar-refractivity contribution in [1.82, 2.24) is 0 Å². The number of benzene rings is 2. The minimum absolute atomic E-state index is 0.183. The molecule has 2 aromatic rings. The highest BCUT2D eigenvalue weighted by Gasteiger charge is 2.08. The Morgan fingerprint density at radius 3 is 2.59 bits per heavy atom. The maximum Gasteiger partial charge on any atom is 0.255 e. The highest BCUT2D eigenvalue weighted by atomic mass is 35.5. The molecule has 2 nitrogen and oxygen atoms in total. The summed E-state index contributed by atoms with van der Waals surface area (Å²) in [7, 11) is 0. The Morgan fingerprint density at radius 2 is 1.88 bits per heavy atom. The Kier molecular flexibility index (Phi) is 3.45. The van der Waals surface area contributed by atoms with Crippen LogP contribution in [0.15, 0.2) is 48.5 Å². The molecule has 0 bridgehead atoms. The molecule has 17 heavy (non-hydrogen) atoms. The number of nitrogens with one attached hydrogen (secondary N) is 1. The van der Waals surface area contributed by atoms with Crippen LogP contribution in [0.1, 0.15) is 15.9 Å². The van der Waals surface area contributed by atoms with Gasteiger partial charge in [-0.3, -0.25) is 4.79 Å². The standard InChI is InChI=1S/C14H11ClNO/c1-10-5-2-3-8-13(10)14(17)16-12-7-4-6-11(15)9-12/h2-9H,1H2,(H,16,17). The minimum Gasteiger partial charge on any atom is -0.322 e. The zero-order chi connectivity index (χ0) is 12.3. The van der Waals surface area contributed by atoms with E-state index in [2.05, 4.69) is 12.2 Å². The lowest BCUT2D eigenvalue weighted by atomic mass is 10.1. The number of carbonyl (C=O) groups excluding carboxylic acids is 1. The molecule has 1 N–H and O–H groups in total. The molecule has 0 spiro atoms. The highest BCUT2D eigenvalue weighted by Crippen LogP contribution is 2.16. The van der Waals surface area contributed by atoms with Gasteiger partial charge in [-0.15, -0.1) is 0 Å². The molecule has 1 radical (unpaired) electrons. The molecule has 85 valence electrons. The molecule has 0 heterocycles. The second-order valence-corrected chi connectivity index (χ2v) is 4.06. The van der Waals surface area contributed by atoms with Crippen LogP contribution in [0.5, 0.6) is 0 Å². The molecular formula is C14H11ClNO. The first-order chi connectivity index (χ1) is 8.16. The van der Waals surface area contributed by atoms with E-state index >= 15 is 0 Å². The lowest BCUT2D eigenvalue weighted by Crippen LogP contribution is -2.13. The van der Waals surface area contributed by atoms with Gasteiger partial charge < -0.3 is 5.32 Å². The quantitative estimate of drug-likeness (QED) is 0.856. The van der Waals surface area contributed by atoms with E-state index in [-0.39, 0.29) is 5.91 Å². The summed E-state index contributed by atoms with van der Waals surface area (Å²) in [5, 5.41) is 3.37. The zero-order valence-corrected chi connectivity index (χ0v) is 9.87. The first-order valence-corrected chi connectivity index (χ1v) is 5.52. The summed E-state index contributed by atoms with van der Waals surface area (Å²) in [6.07, 6.45) is 0. The molecule has 0 saturated carbocycles. The first kappa shape index (κ1) is 11.7. The van der Waals surface area contributed by atoms with Crippen molar-refractivity contribution in [2.75, 3.05) is 5.32 Å². The molecule has 0 atom stereocenters. The molecule has 1 amide bonds. The summed E-state index contributed by atoms with van der Waals surface area (Å²) in [4.78, 5) is 12.0. The van der Waals surface area contributed by atoms with E-state index in [4.69, 9.17) is 11.6 Å². The van der Waals surface area contributed by atoms with Gasteiger partial charge in [0.05, 0.1) is 0 Å². The summed E-state index contributed by atoms with van der Waals surface area (Å²) < 4.78 is 0. The highest BCUT2D eigenvalue weighted by molar-refractivity contribution is 6.30. The van der Waals surface area contributed by atoms with Crippen LogP contribution in [0.3, 0.4) is 0 Å². The lowest BCUT2D eigenvalue weighted by molar-refractivity contribution is 0.102. The summed E-state index contributed by atoms with van der Waals surface area (Å²) in [5.74, 6) is -0.183. The van der Waals surface area contributed by atoms with E-state index in [1.807, 2.05) is 12.1 Å². The van der Waals surface area contributed by atoms with Crippen LogP contribution in [-0.4, -0.2) is 5.91 Å². The maximum absolute atomic E-state index is 12.0. The minimum atomic E-state index is -0.183. The smallest absolute Gasteiger partial charge is 0.255 e. The third-order valence-electron chi connectivity index (χ3n) is 2.34. The number of amides is 1.